The van der Waals surface area contributed by atoms with Crippen LogP contribution < -0.4 is 22.5 Å². The summed E-state index contributed by atoms with van der Waals surface area (Å²) in [6.07, 6.45) is 10.4. The Bertz CT molecular complexity index is 2810. The SMILES string of the molecule is C=C/C(CCC(CCN)NCCc1ccc(/C(CCC(=O)OC)=C2/C=CC(CC)=N2)[nH]1)=C(/N)N=C1N=C(N=C2N=C(N=C3N=C(N)c4ccccc43)c3ccccc32)c2ccccc21. The van der Waals surface area contributed by atoms with Crippen molar-refractivity contribution in [1.29, 1.82) is 0 Å². The molecule has 64 heavy (non-hydrogen) atoms. The monoisotopic (exact) mass is 852 g/mol. The number of aromatic amines is 1. The van der Waals surface area contributed by atoms with E-state index in [4.69, 9.17) is 51.9 Å². The zero-order valence-corrected chi connectivity index (χ0v) is 36.1. The summed E-state index contributed by atoms with van der Waals surface area (Å²) in [5.41, 5.74) is 29.8. The van der Waals surface area contributed by atoms with Crippen molar-refractivity contribution < 1.29 is 9.53 Å². The van der Waals surface area contributed by atoms with Crippen molar-refractivity contribution in [1.82, 2.24) is 10.3 Å². The van der Waals surface area contributed by atoms with Crippen LogP contribution in [0.4, 0.5) is 0 Å². The molecule has 8 N–H and O–H groups in total. The Morgan fingerprint density at radius 3 is 2.06 bits per heavy atom. The molecule has 0 bridgehead atoms. The Kier molecular flexibility index (Phi) is 13.3. The van der Waals surface area contributed by atoms with Crippen LogP contribution in [0, 0.1) is 0 Å². The third kappa shape index (κ3) is 9.48. The van der Waals surface area contributed by atoms with E-state index >= 15 is 0 Å². The van der Waals surface area contributed by atoms with Crippen LogP contribution in [0.15, 0.2) is 162 Å². The summed E-state index contributed by atoms with van der Waals surface area (Å²) < 4.78 is 4.91. The second-order valence-corrected chi connectivity index (χ2v) is 15.6. The molecule has 0 aliphatic carbocycles. The van der Waals surface area contributed by atoms with Gasteiger partial charge in [-0.05, 0) is 74.9 Å². The molecule has 4 aliphatic heterocycles. The second kappa shape index (κ2) is 19.7. The first-order valence-electron chi connectivity index (χ1n) is 21.6. The molecule has 0 fully saturated rings. The number of allylic oxidation sites excluding steroid dienone is 5. The molecular formula is C50H52N12O2. The second-order valence-electron chi connectivity index (χ2n) is 15.6. The normalized spacial score (nSPS) is 18.3. The van der Waals surface area contributed by atoms with Gasteiger partial charge in [-0.15, -0.1) is 0 Å². The van der Waals surface area contributed by atoms with Gasteiger partial charge in [0.1, 0.15) is 11.7 Å². The first kappa shape index (κ1) is 43.2. The lowest BCUT2D eigenvalue weighted by Crippen LogP contribution is -2.33. The van der Waals surface area contributed by atoms with Gasteiger partial charge in [-0.25, -0.2) is 30.0 Å². The standard InChI is InChI=1S/C50H52N12O2/c1-4-30(18-19-32(26-28-51)54-29-27-33-21-24-42(56-33)40(22-25-43(63)64-3)41-23-20-31(5-2)55-41)44(52)57-47-36-14-8-9-15-37(36)48(60-47)61-50-39-17-11-10-16-38(39)49(62-50)59-46-35-13-7-6-12-34(35)45(53)58-46/h4,6-17,20-21,23-24,32,54,56H,1,5,18-19,22,25-29,51-52H2,2-3H3,(H2,53,57,58,59,60,61,62)/b41-40-,44-30+. The summed E-state index contributed by atoms with van der Waals surface area (Å²) >= 11 is 0. The van der Waals surface area contributed by atoms with Crippen molar-refractivity contribution in [2.24, 2.45) is 52.1 Å². The van der Waals surface area contributed by atoms with Crippen molar-refractivity contribution in [3.8, 4) is 0 Å². The van der Waals surface area contributed by atoms with Crippen molar-refractivity contribution in [2.45, 2.75) is 57.9 Å². The van der Waals surface area contributed by atoms with E-state index < -0.39 is 0 Å². The molecule has 3 aromatic carbocycles. The van der Waals surface area contributed by atoms with Gasteiger partial charge in [0, 0.05) is 75.1 Å². The van der Waals surface area contributed by atoms with E-state index in [1.165, 1.54) is 7.11 Å². The highest BCUT2D eigenvalue weighted by atomic mass is 16.5. The minimum atomic E-state index is -0.250. The predicted molar refractivity (Wildman–Crippen MR) is 258 cm³/mol. The van der Waals surface area contributed by atoms with Crippen molar-refractivity contribution in [3.05, 3.63) is 172 Å². The number of aliphatic imine (C=N–C) groups is 7. The van der Waals surface area contributed by atoms with Gasteiger partial charge < -0.3 is 32.2 Å². The molecule has 4 aromatic rings. The highest BCUT2D eigenvalue weighted by molar-refractivity contribution is 6.32. The summed E-state index contributed by atoms with van der Waals surface area (Å²) in [6, 6.07) is 27.7. The molecule has 8 rings (SSSR count). The Balaban J connectivity index is 0.962. The number of benzene rings is 3. The van der Waals surface area contributed by atoms with Crippen LogP contribution in [0.2, 0.25) is 0 Å². The molecule has 0 saturated carbocycles. The van der Waals surface area contributed by atoms with E-state index in [9.17, 15) is 4.79 Å². The predicted octanol–water partition coefficient (Wildman–Crippen LogP) is 6.67. The fourth-order valence-electron chi connectivity index (χ4n) is 8.02. The first-order valence-corrected chi connectivity index (χ1v) is 21.6. The van der Waals surface area contributed by atoms with Crippen LogP contribution in [-0.2, 0) is 16.0 Å². The minimum Gasteiger partial charge on any atom is -0.469 e. The molecule has 1 atom stereocenters. The Morgan fingerprint density at radius 2 is 1.42 bits per heavy atom. The van der Waals surface area contributed by atoms with Gasteiger partial charge in [0.25, 0.3) is 0 Å². The van der Waals surface area contributed by atoms with Gasteiger partial charge >= 0.3 is 5.97 Å². The van der Waals surface area contributed by atoms with Crippen LogP contribution in [0.5, 0.6) is 0 Å². The van der Waals surface area contributed by atoms with Crippen LogP contribution in [0.1, 0.15) is 90.2 Å². The van der Waals surface area contributed by atoms with E-state index in [-0.39, 0.29) is 18.4 Å². The Hall–Kier alpha value is -7.42. The number of nitrogens with one attached hydrogen (secondary N) is 2. The fraction of sp³-hybridized carbons (Fsp3) is 0.240. The number of rotatable bonds is 16. The molecule has 1 aromatic heterocycles. The molecule has 0 amide bonds. The highest BCUT2D eigenvalue weighted by Crippen LogP contribution is 2.30. The fourth-order valence-corrected chi connectivity index (χ4v) is 8.02. The maximum Gasteiger partial charge on any atom is 0.305 e. The van der Waals surface area contributed by atoms with E-state index in [1.54, 1.807) is 6.08 Å². The highest BCUT2D eigenvalue weighted by Gasteiger charge is 2.28. The number of nitrogens with two attached hydrogens (primary N) is 3. The van der Waals surface area contributed by atoms with Crippen molar-refractivity contribution in [3.63, 3.8) is 0 Å². The van der Waals surface area contributed by atoms with Crippen LogP contribution in [-0.4, -0.2) is 77.9 Å². The van der Waals surface area contributed by atoms with Gasteiger partial charge in [0.2, 0.25) is 0 Å². The number of methoxy groups -OCH3 is 1. The third-order valence-corrected chi connectivity index (χ3v) is 11.5. The summed E-state index contributed by atoms with van der Waals surface area (Å²) in [5.74, 6) is 2.94. The lowest BCUT2D eigenvalue weighted by Gasteiger charge is -2.18. The van der Waals surface area contributed by atoms with Crippen LogP contribution in [0.25, 0.3) is 5.57 Å². The van der Waals surface area contributed by atoms with E-state index in [0.29, 0.717) is 60.2 Å². The molecule has 5 heterocycles. The number of hydrogen-bond acceptors (Lipinski definition) is 10. The number of aromatic nitrogens is 1. The van der Waals surface area contributed by atoms with Crippen molar-refractivity contribution in [2.75, 3.05) is 20.2 Å². The number of carbonyl (C=O) groups excluding carboxylic acids is 1. The zero-order chi connectivity index (χ0) is 44.6. The van der Waals surface area contributed by atoms with Gasteiger partial charge in [-0.2, -0.15) is 0 Å². The van der Waals surface area contributed by atoms with Gasteiger partial charge in [0.05, 0.1) is 12.8 Å². The zero-order valence-electron chi connectivity index (χ0n) is 36.1. The number of carbonyl (C=O) groups is 1. The van der Waals surface area contributed by atoms with Gasteiger partial charge in [-0.1, -0.05) is 92.4 Å². The molecule has 4 aliphatic rings. The Labute approximate surface area is 372 Å². The summed E-state index contributed by atoms with van der Waals surface area (Å²) in [4.78, 5) is 49.4. The minimum absolute atomic E-state index is 0.142. The topological polar surface area (TPSA) is 219 Å². The van der Waals surface area contributed by atoms with Gasteiger partial charge in [-0.3, -0.25) is 9.79 Å². The summed E-state index contributed by atoms with van der Waals surface area (Å²) in [7, 11) is 1.41. The molecule has 0 radical (unpaired) electrons. The molecule has 0 spiro atoms. The van der Waals surface area contributed by atoms with Gasteiger partial charge in [0.15, 0.2) is 29.2 Å². The number of amidine groups is 6. The molecule has 1 unspecified atom stereocenters. The third-order valence-electron chi connectivity index (χ3n) is 11.5. The van der Waals surface area contributed by atoms with Crippen LogP contribution >= 0.6 is 0 Å². The number of H-pyrrole nitrogens is 1. The lowest BCUT2D eigenvalue weighted by atomic mass is 10.0. The smallest absolute Gasteiger partial charge is 0.305 e. The number of fused-ring (bicyclic) bond motifs is 3. The Morgan fingerprint density at radius 1 is 0.797 bits per heavy atom. The first-order chi connectivity index (χ1) is 31.3. The summed E-state index contributed by atoms with van der Waals surface area (Å²) in [6.45, 7) is 7.43. The number of ether oxygens (including phenoxy) is 1. The molecule has 324 valence electrons. The maximum atomic E-state index is 12.0. The molecule has 14 heteroatoms. The largest absolute Gasteiger partial charge is 0.469 e. The lowest BCUT2D eigenvalue weighted by molar-refractivity contribution is -0.140. The molecule has 14 nitrogen and oxygen atoms in total. The average Bonchev–Trinajstić information content (AvgIpc) is 4.17. The van der Waals surface area contributed by atoms with Crippen LogP contribution in [0.3, 0.4) is 0 Å². The quantitative estimate of drug-likeness (QED) is 0.0612. The molecular weight excluding hydrogens is 801 g/mol. The van der Waals surface area contributed by atoms with E-state index in [0.717, 1.165) is 99.6 Å². The average molecular weight is 853 g/mol. The number of esters is 1. The van der Waals surface area contributed by atoms with E-state index in [1.807, 2.05) is 84.9 Å². The number of nitrogens with zero attached hydrogens (tertiary/aromatic N) is 7. The van der Waals surface area contributed by atoms with Crippen molar-refractivity contribution >= 4 is 52.3 Å². The van der Waals surface area contributed by atoms with E-state index in [2.05, 4.69) is 40.9 Å². The number of hydrogen-bond donors (Lipinski definition) is 5. The summed E-state index contributed by atoms with van der Waals surface area (Å²) in [5, 5.41) is 3.70. The molecule has 0 saturated heterocycles. The maximum absolute atomic E-state index is 12.0.